The molecule has 0 amide bonds. The van der Waals surface area contributed by atoms with Crippen LogP contribution in [0.2, 0.25) is 0 Å². The summed E-state index contributed by atoms with van der Waals surface area (Å²) >= 11 is 0. The van der Waals surface area contributed by atoms with Crippen molar-refractivity contribution in [2.75, 3.05) is 0 Å². The van der Waals surface area contributed by atoms with Gasteiger partial charge >= 0.3 is 0 Å². The third-order valence-electron chi connectivity index (χ3n) is 13.1. The molecule has 1 atom stereocenters. The Morgan fingerprint density at radius 2 is 1.14 bits per heavy atom. The maximum atomic E-state index is 5.75. The van der Waals surface area contributed by atoms with Crippen molar-refractivity contribution in [1.29, 1.82) is 0 Å². The molecule has 1 aliphatic carbocycles. The van der Waals surface area contributed by atoms with Crippen LogP contribution in [0.4, 0.5) is 0 Å². The molecule has 0 spiro atoms. The first-order chi connectivity index (χ1) is 29.3. The van der Waals surface area contributed by atoms with Gasteiger partial charge in [-0.25, -0.2) is 9.97 Å². The molecular weight excluding hydrogens is 717 g/mol. The lowest BCUT2D eigenvalue weighted by atomic mass is 9.88. The van der Waals surface area contributed by atoms with Gasteiger partial charge in [-0.1, -0.05) is 158 Å². The van der Waals surface area contributed by atoms with E-state index in [0.29, 0.717) is 0 Å². The summed E-state index contributed by atoms with van der Waals surface area (Å²) in [4.78, 5) is 11.3. The van der Waals surface area contributed by atoms with Crippen LogP contribution in [0, 0.1) is 0 Å². The second-order valence-corrected chi connectivity index (χ2v) is 16.0. The second-order valence-electron chi connectivity index (χ2n) is 16.0. The third-order valence-corrected chi connectivity index (χ3v) is 13.1. The summed E-state index contributed by atoms with van der Waals surface area (Å²) in [5.41, 5.74) is 16.1. The lowest BCUT2D eigenvalue weighted by molar-refractivity contribution is 1.01. The van der Waals surface area contributed by atoms with E-state index in [0.717, 1.165) is 49.9 Å². The molecule has 59 heavy (non-hydrogen) atoms. The highest BCUT2D eigenvalue weighted by Crippen LogP contribution is 2.56. The van der Waals surface area contributed by atoms with E-state index in [1.807, 2.05) is 0 Å². The number of rotatable bonds is 3. The molecule has 0 radical (unpaired) electrons. The summed E-state index contributed by atoms with van der Waals surface area (Å²) in [5, 5.41) is 9.77. The molecule has 272 valence electrons. The number of hydrogen-bond acceptors (Lipinski definition) is 2. The molecule has 4 heteroatoms. The summed E-state index contributed by atoms with van der Waals surface area (Å²) in [6.07, 6.45) is 0. The highest BCUT2D eigenvalue weighted by Gasteiger charge is 2.35. The van der Waals surface area contributed by atoms with Gasteiger partial charge in [0.1, 0.15) is 5.69 Å². The molecule has 1 aliphatic rings. The maximum Gasteiger partial charge on any atom is 0.165 e. The molecule has 4 nitrogen and oxygen atoms in total. The van der Waals surface area contributed by atoms with Crippen molar-refractivity contribution in [3.05, 3.63) is 205 Å². The number of aromatic nitrogens is 4. The van der Waals surface area contributed by atoms with Gasteiger partial charge in [-0.15, -0.1) is 0 Å². The van der Waals surface area contributed by atoms with Gasteiger partial charge in [0.15, 0.2) is 5.82 Å². The smallest absolute Gasteiger partial charge is 0.165 e. The molecule has 0 saturated heterocycles. The number of para-hydroxylation sites is 2. The Hall–Kier alpha value is -7.82. The second kappa shape index (κ2) is 11.4. The van der Waals surface area contributed by atoms with E-state index < -0.39 is 0 Å². The van der Waals surface area contributed by atoms with E-state index in [-0.39, 0.29) is 5.92 Å². The predicted molar refractivity (Wildman–Crippen MR) is 244 cm³/mol. The average molecular weight is 749 g/mol. The SMILES string of the molecule is c1ccc(-c2nc3ccc4ccccc4c3nc2-n2c3cc4c(c5c6cccc7c8ccccc8n(c8cccc2c8c53)c76)-c2ccccc2C4c2ccccc2)cc1. The minimum atomic E-state index is 0.0579. The van der Waals surface area contributed by atoms with Gasteiger partial charge in [-0.05, 0) is 63.5 Å². The molecule has 0 aliphatic heterocycles. The zero-order chi connectivity index (χ0) is 38.3. The molecule has 4 aromatic heterocycles. The van der Waals surface area contributed by atoms with E-state index in [9.17, 15) is 0 Å². The molecule has 0 saturated carbocycles. The van der Waals surface area contributed by atoms with Crippen molar-refractivity contribution in [3.63, 3.8) is 0 Å². The summed E-state index contributed by atoms with van der Waals surface area (Å²) in [7, 11) is 0. The minimum Gasteiger partial charge on any atom is -0.308 e. The van der Waals surface area contributed by atoms with E-state index >= 15 is 0 Å². The van der Waals surface area contributed by atoms with Crippen LogP contribution in [0.3, 0.4) is 0 Å². The van der Waals surface area contributed by atoms with Crippen molar-refractivity contribution >= 4 is 81.7 Å². The summed E-state index contributed by atoms with van der Waals surface area (Å²) in [6.45, 7) is 0. The molecule has 13 aromatic rings. The van der Waals surface area contributed by atoms with Crippen molar-refractivity contribution < 1.29 is 0 Å². The summed E-state index contributed by atoms with van der Waals surface area (Å²) in [6, 6.07) is 68.7. The first-order valence-corrected chi connectivity index (χ1v) is 20.4. The first-order valence-electron chi connectivity index (χ1n) is 20.4. The van der Waals surface area contributed by atoms with Crippen LogP contribution in [0.15, 0.2) is 188 Å². The largest absolute Gasteiger partial charge is 0.308 e. The van der Waals surface area contributed by atoms with Crippen molar-refractivity contribution in [3.8, 4) is 28.2 Å². The molecule has 0 fully saturated rings. The Kier molecular flexibility index (Phi) is 6.05. The summed E-state index contributed by atoms with van der Waals surface area (Å²) < 4.78 is 4.97. The Labute approximate surface area is 338 Å². The third kappa shape index (κ3) is 4.02. The van der Waals surface area contributed by atoms with E-state index in [1.165, 1.54) is 76.7 Å². The zero-order valence-corrected chi connectivity index (χ0v) is 31.8. The van der Waals surface area contributed by atoms with Crippen molar-refractivity contribution in [2.24, 2.45) is 0 Å². The number of hydrogen-bond donors (Lipinski definition) is 0. The monoisotopic (exact) mass is 748 g/mol. The fourth-order valence-corrected chi connectivity index (χ4v) is 10.8. The van der Waals surface area contributed by atoms with Crippen LogP contribution in [0.5, 0.6) is 0 Å². The Morgan fingerprint density at radius 3 is 2.03 bits per heavy atom. The number of benzene rings is 9. The number of fused-ring (bicyclic) bond motifs is 12. The lowest BCUT2D eigenvalue weighted by Crippen LogP contribution is -2.05. The van der Waals surface area contributed by atoms with Gasteiger partial charge in [-0.3, -0.25) is 4.57 Å². The zero-order valence-electron chi connectivity index (χ0n) is 31.8. The Balaban J connectivity index is 1.27. The van der Waals surface area contributed by atoms with E-state index in [1.54, 1.807) is 0 Å². The van der Waals surface area contributed by atoms with Crippen LogP contribution >= 0.6 is 0 Å². The average Bonchev–Trinajstić information content (AvgIpc) is 3.91. The molecular formula is C55H32N4. The van der Waals surface area contributed by atoms with Crippen LogP contribution in [0.25, 0.3) is 110 Å². The topological polar surface area (TPSA) is 35.1 Å². The van der Waals surface area contributed by atoms with Gasteiger partial charge in [0.05, 0.1) is 38.6 Å². The molecule has 14 rings (SSSR count). The normalized spacial score (nSPS) is 13.9. The Bertz CT molecular complexity index is 3890. The minimum absolute atomic E-state index is 0.0579. The van der Waals surface area contributed by atoms with E-state index in [2.05, 4.69) is 197 Å². The molecule has 1 unspecified atom stereocenters. The standard InChI is InChI=1S/C55H32N4/c1-3-16-33(17-4-1)47-37-22-9-10-23-38(37)48-41(47)31-46-51-49(48)40-25-13-24-39-36-21-11-12-26-43(36)58(54(39)40)44-27-14-28-45(50(44)51)59(46)55-52(34-18-5-2-6-19-34)56-42-30-29-32-15-7-8-20-35(32)53(42)57-55/h1-31,47H. The maximum absolute atomic E-state index is 5.75. The molecule has 9 aromatic carbocycles. The quantitative estimate of drug-likeness (QED) is 0.169. The van der Waals surface area contributed by atoms with Crippen LogP contribution in [-0.4, -0.2) is 18.9 Å². The van der Waals surface area contributed by atoms with Gasteiger partial charge in [-0.2, -0.15) is 0 Å². The van der Waals surface area contributed by atoms with Gasteiger partial charge in [0.2, 0.25) is 0 Å². The predicted octanol–water partition coefficient (Wildman–Crippen LogP) is 13.9. The van der Waals surface area contributed by atoms with Crippen molar-refractivity contribution in [2.45, 2.75) is 5.92 Å². The highest BCUT2D eigenvalue weighted by molar-refractivity contribution is 6.34. The van der Waals surface area contributed by atoms with Gasteiger partial charge < -0.3 is 4.40 Å². The van der Waals surface area contributed by atoms with E-state index in [4.69, 9.17) is 9.97 Å². The Morgan fingerprint density at radius 1 is 0.441 bits per heavy atom. The highest BCUT2D eigenvalue weighted by atomic mass is 15.1. The van der Waals surface area contributed by atoms with Crippen LogP contribution in [-0.2, 0) is 0 Å². The number of nitrogens with zero attached hydrogens (tertiary/aromatic N) is 4. The molecule has 0 bridgehead atoms. The molecule has 4 heterocycles. The van der Waals surface area contributed by atoms with Crippen LogP contribution < -0.4 is 0 Å². The summed E-state index contributed by atoms with van der Waals surface area (Å²) in [5.74, 6) is 0.883. The lowest BCUT2D eigenvalue weighted by Gasteiger charge is -2.17. The molecule has 0 N–H and O–H groups in total. The first kappa shape index (κ1) is 31.3. The van der Waals surface area contributed by atoms with Gasteiger partial charge in [0, 0.05) is 49.2 Å². The van der Waals surface area contributed by atoms with Crippen molar-refractivity contribution in [1.82, 2.24) is 18.9 Å². The van der Waals surface area contributed by atoms with Gasteiger partial charge in [0.25, 0.3) is 0 Å². The fraction of sp³-hybridized carbons (Fsp3) is 0.0182. The van der Waals surface area contributed by atoms with Crippen LogP contribution in [0.1, 0.15) is 22.6 Å². The fourth-order valence-electron chi connectivity index (χ4n) is 10.8.